The van der Waals surface area contributed by atoms with Gasteiger partial charge in [-0.05, 0) is 18.9 Å². The van der Waals surface area contributed by atoms with Crippen molar-refractivity contribution >= 4 is 23.6 Å². The van der Waals surface area contributed by atoms with E-state index < -0.39 is 16.5 Å². The van der Waals surface area contributed by atoms with Crippen LogP contribution in [0.25, 0.3) is 0 Å². The van der Waals surface area contributed by atoms with Crippen LogP contribution < -0.4 is 5.32 Å². The molecule has 0 saturated carbocycles. The van der Waals surface area contributed by atoms with E-state index in [2.05, 4.69) is 11.9 Å². The number of carbonyl (C=O) groups excluding carboxylic acids is 1. The molecule has 0 fully saturated rings. The van der Waals surface area contributed by atoms with Gasteiger partial charge in [0.2, 0.25) is 5.91 Å². The molecule has 20 heavy (non-hydrogen) atoms. The van der Waals surface area contributed by atoms with E-state index in [-0.39, 0.29) is 5.91 Å². The molecule has 0 aliphatic carbocycles. The molecule has 2 atom stereocenters. The maximum Gasteiger partial charge on any atom is 0.316 e. The van der Waals surface area contributed by atoms with Crippen LogP contribution >= 0.6 is 11.8 Å². The van der Waals surface area contributed by atoms with Gasteiger partial charge in [0.1, 0.15) is 5.25 Å². The number of rotatable bonds is 8. The third kappa shape index (κ3) is 5.48. The van der Waals surface area contributed by atoms with Gasteiger partial charge in [0.25, 0.3) is 0 Å². The predicted molar refractivity (Wildman–Crippen MR) is 81.8 cm³/mol. The summed E-state index contributed by atoms with van der Waals surface area (Å²) in [6.45, 7) is 5.62. The molecule has 0 radical (unpaired) electrons. The van der Waals surface area contributed by atoms with Crippen LogP contribution in [-0.4, -0.2) is 34.0 Å². The van der Waals surface area contributed by atoms with Crippen molar-refractivity contribution in [2.24, 2.45) is 0 Å². The van der Waals surface area contributed by atoms with Gasteiger partial charge < -0.3 is 10.4 Å². The Morgan fingerprint density at radius 1 is 1.40 bits per heavy atom. The van der Waals surface area contributed by atoms with E-state index in [1.807, 2.05) is 30.3 Å². The fraction of sp³-hybridized carbons (Fsp3) is 0.333. The lowest BCUT2D eigenvalue weighted by atomic mass is 10.1. The number of carbonyl (C=O) groups is 2. The fourth-order valence-electron chi connectivity index (χ4n) is 1.65. The molecule has 0 bridgehead atoms. The summed E-state index contributed by atoms with van der Waals surface area (Å²) in [6, 6.07) is 9.41. The predicted octanol–water partition coefficient (Wildman–Crippen LogP) is 2.11. The van der Waals surface area contributed by atoms with Crippen molar-refractivity contribution in [3.8, 4) is 0 Å². The first kappa shape index (κ1) is 16.3. The van der Waals surface area contributed by atoms with Crippen LogP contribution in [-0.2, 0) is 16.0 Å². The molecule has 2 N–H and O–H groups in total. The second-order valence-corrected chi connectivity index (χ2v) is 5.88. The molecule has 1 aromatic carbocycles. The van der Waals surface area contributed by atoms with Crippen molar-refractivity contribution in [3.63, 3.8) is 0 Å². The minimum Gasteiger partial charge on any atom is -0.480 e. The average Bonchev–Trinajstić information content (AvgIpc) is 2.44. The second-order valence-electron chi connectivity index (χ2n) is 4.33. The van der Waals surface area contributed by atoms with Gasteiger partial charge in [-0.3, -0.25) is 9.59 Å². The highest BCUT2D eigenvalue weighted by Gasteiger charge is 2.24. The Morgan fingerprint density at radius 2 is 2.05 bits per heavy atom. The summed E-state index contributed by atoms with van der Waals surface area (Å²) < 4.78 is 0. The average molecular weight is 293 g/mol. The van der Waals surface area contributed by atoms with E-state index in [0.29, 0.717) is 13.0 Å². The maximum atomic E-state index is 11.7. The Kier molecular flexibility index (Phi) is 6.87. The first-order chi connectivity index (χ1) is 9.54. The van der Waals surface area contributed by atoms with Crippen LogP contribution in [0.1, 0.15) is 12.5 Å². The van der Waals surface area contributed by atoms with Crippen molar-refractivity contribution in [2.75, 3.05) is 6.54 Å². The van der Waals surface area contributed by atoms with Gasteiger partial charge in [-0.2, -0.15) is 0 Å². The normalized spacial score (nSPS) is 13.2. The minimum atomic E-state index is -0.901. The lowest BCUT2D eigenvalue weighted by Gasteiger charge is -2.17. The molecular formula is C15H19NO3S. The minimum absolute atomic E-state index is 0.172. The lowest BCUT2D eigenvalue weighted by molar-refractivity contribution is -0.136. The zero-order valence-corrected chi connectivity index (χ0v) is 12.2. The van der Waals surface area contributed by atoms with E-state index in [4.69, 9.17) is 0 Å². The number of carboxylic acid groups (broad SMARTS) is 1. The number of hydrogen-bond acceptors (Lipinski definition) is 3. The van der Waals surface area contributed by atoms with Crippen LogP contribution in [0.3, 0.4) is 0 Å². The third-order valence-electron chi connectivity index (χ3n) is 2.70. The maximum absolute atomic E-state index is 11.7. The molecule has 1 aromatic rings. The molecular weight excluding hydrogens is 274 g/mol. The number of thioether (sulfide) groups is 1. The Labute approximate surface area is 123 Å². The number of aliphatic carboxylic acids is 1. The summed E-state index contributed by atoms with van der Waals surface area (Å²) in [5, 5.41) is 10.9. The van der Waals surface area contributed by atoms with Gasteiger partial charge in [0.05, 0.1) is 5.25 Å². The number of amides is 1. The van der Waals surface area contributed by atoms with Gasteiger partial charge in [0, 0.05) is 6.54 Å². The van der Waals surface area contributed by atoms with Gasteiger partial charge in [-0.25, -0.2) is 0 Å². The first-order valence-corrected chi connectivity index (χ1v) is 7.29. The summed E-state index contributed by atoms with van der Waals surface area (Å²) in [5.41, 5.74) is 0.950. The van der Waals surface area contributed by atoms with Crippen molar-refractivity contribution in [3.05, 3.63) is 48.6 Å². The Morgan fingerprint density at radius 3 is 2.60 bits per heavy atom. The number of hydrogen-bond donors (Lipinski definition) is 2. The lowest BCUT2D eigenvalue weighted by Crippen LogP contribution is -2.33. The fourth-order valence-corrected chi connectivity index (χ4v) is 2.75. The zero-order chi connectivity index (χ0) is 15.0. The van der Waals surface area contributed by atoms with Crippen LogP contribution in [0.2, 0.25) is 0 Å². The quantitative estimate of drug-likeness (QED) is 0.720. The monoisotopic (exact) mass is 293 g/mol. The zero-order valence-electron chi connectivity index (χ0n) is 11.4. The van der Waals surface area contributed by atoms with Gasteiger partial charge in [-0.15, -0.1) is 18.3 Å². The van der Waals surface area contributed by atoms with E-state index in [1.54, 1.807) is 13.0 Å². The standard InChI is InChI=1S/C15H19NO3S/c1-3-9-16-14(17)11(2)20-13(15(18)19)10-12-7-5-4-6-8-12/h3-8,11,13H,1,9-10H2,2H3,(H,16,17)(H,18,19). The highest BCUT2D eigenvalue weighted by atomic mass is 32.2. The summed E-state index contributed by atoms with van der Waals surface area (Å²) in [4.78, 5) is 23.0. The molecule has 1 rings (SSSR count). The third-order valence-corrected chi connectivity index (χ3v) is 4.02. The van der Waals surface area contributed by atoms with Gasteiger partial charge in [-0.1, -0.05) is 36.4 Å². The summed E-state index contributed by atoms with van der Waals surface area (Å²) in [7, 11) is 0. The van der Waals surface area contributed by atoms with E-state index in [9.17, 15) is 14.7 Å². The van der Waals surface area contributed by atoms with Gasteiger partial charge >= 0.3 is 5.97 Å². The number of nitrogens with one attached hydrogen (secondary N) is 1. The van der Waals surface area contributed by atoms with Crippen molar-refractivity contribution in [1.82, 2.24) is 5.32 Å². The summed E-state index contributed by atoms with van der Waals surface area (Å²) in [5.74, 6) is -1.07. The highest BCUT2D eigenvalue weighted by molar-refractivity contribution is 8.01. The van der Waals surface area contributed by atoms with Gasteiger partial charge in [0.15, 0.2) is 0 Å². The molecule has 5 heteroatoms. The van der Waals surface area contributed by atoms with Crippen LogP contribution in [0.4, 0.5) is 0 Å². The first-order valence-electron chi connectivity index (χ1n) is 6.35. The van der Waals surface area contributed by atoms with Crippen LogP contribution in [0.15, 0.2) is 43.0 Å². The van der Waals surface area contributed by atoms with E-state index >= 15 is 0 Å². The summed E-state index contributed by atoms with van der Waals surface area (Å²) >= 11 is 1.16. The molecule has 4 nitrogen and oxygen atoms in total. The largest absolute Gasteiger partial charge is 0.480 e. The van der Waals surface area contributed by atoms with E-state index in [0.717, 1.165) is 17.3 Å². The van der Waals surface area contributed by atoms with Crippen molar-refractivity contribution in [2.45, 2.75) is 23.8 Å². The topological polar surface area (TPSA) is 66.4 Å². The smallest absolute Gasteiger partial charge is 0.316 e. The van der Waals surface area contributed by atoms with Crippen LogP contribution in [0.5, 0.6) is 0 Å². The second kappa shape index (κ2) is 8.43. The summed E-state index contributed by atoms with van der Waals surface area (Å²) in [6.07, 6.45) is 1.99. The molecule has 0 aromatic heterocycles. The molecule has 0 spiro atoms. The molecule has 108 valence electrons. The Hall–Kier alpha value is -1.75. The molecule has 0 heterocycles. The Bertz CT molecular complexity index is 461. The molecule has 1 amide bonds. The Balaban J connectivity index is 2.61. The molecule has 0 saturated heterocycles. The van der Waals surface area contributed by atoms with Crippen molar-refractivity contribution < 1.29 is 14.7 Å². The SMILES string of the molecule is C=CCNC(=O)C(C)SC(Cc1ccccc1)C(=O)O. The molecule has 2 unspecified atom stereocenters. The molecule has 0 aliphatic rings. The van der Waals surface area contributed by atoms with Crippen molar-refractivity contribution in [1.29, 1.82) is 0 Å². The number of carboxylic acids is 1. The number of benzene rings is 1. The van der Waals surface area contributed by atoms with E-state index in [1.165, 1.54) is 0 Å². The molecule has 0 aliphatic heterocycles. The van der Waals surface area contributed by atoms with Crippen LogP contribution in [0, 0.1) is 0 Å². The highest BCUT2D eigenvalue weighted by Crippen LogP contribution is 2.22.